The average Bonchev–Trinajstić information content (AvgIpc) is 3.00. The van der Waals surface area contributed by atoms with E-state index < -0.39 is 14.8 Å². The van der Waals surface area contributed by atoms with Gasteiger partial charge in [-0.3, -0.25) is 0 Å². The van der Waals surface area contributed by atoms with Crippen molar-refractivity contribution in [2.75, 3.05) is 7.05 Å². The molecule has 4 nitrogen and oxygen atoms in total. The van der Waals surface area contributed by atoms with Gasteiger partial charge in [0.25, 0.3) is 0 Å². The minimum atomic E-state index is -3.26. The van der Waals surface area contributed by atoms with Crippen molar-refractivity contribution < 1.29 is 12.8 Å². The van der Waals surface area contributed by atoms with Gasteiger partial charge < -0.3 is 4.42 Å². The van der Waals surface area contributed by atoms with Crippen LogP contribution in [0.15, 0.2) is 29.4 Å². The first-order chi connectivity index (χ1) is 8.43. The molecule has 1 fully saturated rings. The number of sulfonamides is 1. The number of nitrogens with zero attached hydrogens (tertiary/aromatic N) is 1. The summed E-state index contributed by atoms with van der Waals surface area (Å²) < 4.78 is 31.0. The Kier molecular flexibility index (Phi) is 3.38. The van der Waals surface area contributed by atoms with Crippen molar-refractivity contribution in [2.24, 2.45) is 0 Å². The van der Waals surface area contributed by atoms with Gasteiger partial charge in [-0.1, -0.05) is 6.08 Å². The quantitative estimate of drug-likeness (QED) is 0.745. The molecule has 0 radical (unpaired) electrons. The van der Waals surface area contributed by atoms with Crippen LogP contribution in [0, 0.1) is 6.92 Å². The van der Waals surface area contributed by atoms with Crippen LogP contribution in [-0.4, -0.2) is 24.5 Å². The first kappa shape index (κ1) is 13.4. The van der Waals surface area contributed by atoms with Crippen LogP contribution >= 0.6 is 0 Å². The Balaban J connectivity index is 2.16. The molecule has 0 N–H and O–H groups in total. The van der Waals surface area contributed by atoms with Gasteiger partial charge >= 0.3 is 0 Å². The molecule has 0 aromatic carbocycles. The van der Waals surface area contributed by atoms with Crippen molar-refractivity contribution in [1.82, 2.24) is 4.31 Å². The summed E-state index contributed by atoms with van der Waals surface area (Å²) in [6.07, 6.45) is 5.28. The fourth-order valence-electron chi connectivity index (χ4n) is 2.20. The van der Waals surface area contributed by atoms with E-state index >= 15 is 0 Å². The van der Waals surface area contributed by atoms with Crippen molar-refractivity contribution in [2.45, 2.75) is 37.5 Å². The number of hydrogen-bond acceptors (Lipinski definition) is 3. The number of rotatable bonds is 6. The maximum atomic E-state index is 12.5. The second-order valence-corrected chi connectivity index (χ2v) is 7.38. The van der Waals surface area contributed by atoms with Crippen LogP contribution in [0.2, 0.25) is 0 Å². The van der Waals surface area contributed by atoms with Crippen LogP contribution in [0.5, 0.6) is 0 Å². The second-order valence-electron chi connectivity index (χ2n) is 4.94. The molecule has 0 amide bonds. The Labute approximate surface area is 108 Å². The zero-order chi connectivity index (χ0) is 13.4. The monoisotopic (exact) mass is 269 g/mol. The summed E-state index contributed by atoms with van der Waals surface area (Å²) >= 11 is 0. The molecule has 1 aromatic heterocycles. The lowest BCUT2D eigenvalue weighted by molar-refractivity contribution is 0.446. The molecule has 0 bridgehead atoms. The smallest absolute Gasteiger partial charge is 0.220 e. The minimum Gasteiger partial charge on any atom is -0.469 e. The van der Waals surface area contributed by atoms with Gasteiger partial charge in [0.05, 0.1) is 11.0 Å². The van der Waals surface area contributed by atoms with E-state index in [4.69, 9.17) is 4.42 Å². The highest BCUT2D eigenvalue weighted by Crippen LogP contribution is 2.48. The Bertz CT molecular complexity index is 540. The minimum absolute atomic E-state index is 0.365. The van der Waals surface area contributed by atoms with Crippen molar-refractivity contribution in [3.8, 4) is 0 Å². The van der Waals surface area contributed by atoms with E-state index in [1.165, 1.54) is 4.31 Å². The van der Waals surface area contributed by atoms with E-state index in [9.17, 15) is 8.42 Å². The molecule has 0 aliphatic heterocycles. The predicted molar refractivity (Wildman–Crippen MR) is 70.6 cm³/mol. The molecule has 0 unspecified atom stereocenters. The molecule has 1 aliphatic rings. The molecule has 1 aliphatic carbocycles. The van der Waals surface area contributed by atoms with Gasteiger partial charge in [-0.15, -0.1) is 6.58 Å². The van der Waals surface area contributed by atoms with E-state index in [1.807, 2.05) is 13.0 Å². The largest absolute Gasteiger partial charge is 0.469 e. The number of furan rings is 1. The van der Waals surface area contributed by atoms with E-state index in [1.54, 1.807) is 19.4 Å². The van der Waals surface area contributed by atoms with Gasteiger partial charge in [-0.2, -0.15) is 4.31 Å². The third-order valence-corrected chi connectivity index (χ3v) is 6.26. The molecule has 18 heavy (non-hydrogen) atoms. The van der Waals surface area contributed by atoms with Gasteiger partial charge in [0.15, 0.2) is 0 Å². The van der Waals surface area contributed by atoms with Gasteiger partial charge in [-0.05, 0) is 32.3 Å². The topological polar surface area (TPSA) is 50.5 Å². The molecule has 1 heterocycles. The van der Waals surface area contributed by atoms with Crippen LogP contribution in [0.25, 0.3) is 0 Å². The summed E-state index contributed by atoms with van der Waals surface area (Å²) in [5.74, 6) is 0.769. The maximum Gasteiger partial charge on any atom is 0.220 e. The second kappa shape index (κ2) is 4.55. The molecule has 0 spiro atoms. The molecular formula is C13H19NO3S. The lowest BCUT2D eigenvalue weighted by Crippen LogP contribution is -2.37. The Morgan fingerprint density at radius 2 is 2.22 bits per heavy atom. The lowest BCUT2D eigenvalue weighted by atomic mass is 10.3. The Hall–Kier alpha value is -1.07. The van der Waals surface area contributed by atoms with Gasteiger partial charge in [0.1, 0.15) is 5.76 Å². The molecule has 0 saturated heterocycles. The molecule has 100 valence electrons. The lowest BCUT2D eigenvalue weighted by Gasteiger charge is -2.23. The Morgan fingerprint density at radius 3 is 2.67 bits per heavy atom. The fourth-order valence-corrected chi connectivity index (χ4v) is 4.12. The fraction of sp³-hybridized carbons (Fsp3) is 0.538. The van der Waals surface area contributed by atoms with Crippen molar-refractivity contribution in [3.05, 3.63) is 36.3 Å². The highest BCUT2D eigenvalue weighted by atomic mass is 32.2. The summed E-state index contributed by atoms with van der Waals surface area (Å²) in [5, 5.41) is 0. The number of hydrogen-bond donors (Lipinski definition) is 0. The summed E-state index contributed by atoms with van der Waals surface area (Å²) in [6, 6.07) is 1.81. The van der Waals surface area contributed by atoms with E-state index in [0.29, 0.717) is 13.0 Å². The van der Waals surface area contributed by atoms with Gasteiger partial charge in [-0.25, -0.2) is 8.42 Å². The van der Waals surface area contributed by atoms with Crippen molar-refractivity contribution >= 4 is 10.0 Å². The number of allylic oxidation sites excluding steroid dienone is 1. The first-order valence-corrected chi connectivity index (χ1v) is 7.47. The van der Waals surface area contributed by atoms with E-state index in [0.717, 1.165) is 24.2 Å². The average molecular weight is 269 g/mol. The first-order valence-electron chi connectivity index (χ1n) is 6.03. The molecule has 1 aromatic rings. The summed E-state index contributed by atoms with van der Waals surface area (Å²) in [5.41, 5.74) is 0.912. The summed E-state index contributed by atoms with van der Waals surface area (Å²) in [6.45, 7) is 5.85. The third kappa shape index (κ3) is 2.12. The van der Waals surface area contributed by atoms with Crippen molar-refractivity contribution in [1.29, 1.82) is 0 Å². The molecular weight excluding hydrogens is 250 g/mol. The maximum absolute atomic E-state index is 12.5. The molecule has 5 heteroatoms. The van der Waals surface area contributed by atoms with Gasteiger partial charge in [0, 0.05) is 19.2 Å². The molecule has 2 rings (SSSR count). The standard InChI is InChI=1S/C13H19NO3S/c1-4-6-13(7-8-13)18(15,16)14(3)10-12-5-9-17-11(12)2/h4-5,9H,1,6-8,10H2,2-3H3. The molecule has 0 atom stereocenters. The summed E-state index contributed by atoms with van der Waals surface area (Å²) in [7, 11) is -1.63. The Morgan fingerprint density at radius 1 is 1.56 bits per heavy atom. The van der Waals surface area contributed by atoms with Crippen LogP contribution in [0.3, 0.4) is 0 Å². The third-order valence-electron chi connectivity index (χ3n) is 3.64. The van der Waals surface area contributed by atoms with E-state index in [2.05, 4.69) is 6.58 Å². The van der Waals surface area contributed by atoms with Crippen molar-refractivity contribution in [3.63, 3.8) is 0 Å². The van der Waals surface area contributed by atoms with Crippen LogP contribution in [-0.2, 0) is 16.6 Å². The van der Waals surface area contributed by atoms with E-state index in [-0.39, 0.29) is 0 Å². The zero-order valence-electron chi connectivity index (χ0n) is 10.8. The summed E-state index contributed by atoms with van der Waals surface area (Å²) in [4.78, 5) is 0. The van der Waals surface area contributed by atoms with Crippen LogP contribution in [0.4, 0.5) is 0 Å². The predicted octanol–water partition coefficient (Wildman–Crippen LogP) is 2.46. The zero-order valence-corrected chi connectivity index (χ0v) is 11.7. The molecule has 1 saturated carbocycles. The number of aryl methyl sites for hydroxylation is 1. The normalized spacial score (nSPS) is 17.9. The van der Waals surface area contributed by atoms with Crippen LogP contribution < -0.4 is 0 Å². The van der Waals surface area contributed by atoms with Gasteiger partial charge in [0.2, 0.25) is 10.0 Å². The highest BCUT2D eigenvalue weighted by Gasteiger charge is 2.54. The highest BCUT2D eigenvalue weighted by molar-refractivity contribution is 7.90. The SMILES string of the molecule is C=CCC1(S(=O)(=O)N(C)Cc2ccoc2C)CC1. The van der Waals surface area contributed by atoms with Crippen LogP contribution in [0.1, 0.15) is 30.6 Å².